The first kappa shape index (κ1) is 85.8. The lowest BCUT2D eigenvalue weighted by atomic mass is 10.0. The molecule has 9 rings (SSSR count). The number of aromatic amines is 4. The summed E-state index contributed by atoms with van der Waals surface area (Å²) in [5.41, 5.74) is 28.1. The van der Waals surface area contributed by atoms with Crippen LogP contribution < -0.4 is 81.4 Å². The van der Waals surface area contributed by atoms with Gasteiger partial charge in [0.2, 0.25) is 59.1 Å². The molecule has 604 valence electrons. The van der Waals surface area contributed by atoms with Gasteiger partial charge >= 0.3 is 0 Å². The van der Waals surface area contributed by atoms with Gasteiger partial charge in [-0.2, -0.15) is 0 Å². The van der Waals surface area contributed by atoms with Crippen molar-refractivity contribution in [3.63, 3.8) is 0 Å². The Labute approximate surface area is 658 Å². The molecule has 0 spiro atoms. The molecule has 0 bridgehead atoms. The zero-order valence-electron chi connectivity index (χ0n) is 63.3. The summed E-state index contributed by atoms with van der Waals surface area (Å²) >= 11 is 0. The quantitative estimate of drug-likeness (QED) is 0.0239. The molecule has 112 heavy (non-hydrogen) atoms. The van der Waals surface area contributed by atoms with E-state index in [2.05, 4.69) is 88.4 Å². The number of unbranched alkanes of at least 4 members (excludes halogenated alkanes) is 4. The van der Waals surface area contributed by atoms with Gasteiger partial charge in [-0.3, -0.25) is 58.1 Å². The van der Waals surface area contributed by atoms with Crippen LogP contribution in [0.3, 0.4) is 0 Å². The number of nitrogens with two attached hydrogens (primary N) is 4. The summed E-state index contributed by atoms with van der Waals surface area (Å²) < 4.78 is 0. The van der Waals surface area contributed by atoms with E-state index < -0.39 is 137 Å². The summed E-state index contributed by atoms with van der Waals surface area (Å²) in [5.74, 6) is -8.26. The number of nitrogens with one attached hydrogen (secondary N) is 15. The third-order valence-corrected chi connectivity index (χ3v) is 21.8. The number of rotatable bonds is 28. The molecule has 7 aromatic rings. The first-order chi connectivity index (χ1) is 54.3. The highest BCUT2D eigenvalue weighted by molar-refractivity contribution is 8.76. The normalized spacial score (nSPS) is 23.8. The van der Waals surface area contributed by atoms with E-state index in [1.807, 2.05) is 48.5 Å². The average molecular weight is 1580 g/mol. The van der Waals surface area contributed by atoms with E-state index in [0.29, 0.717) is 92.3 Å². The van der Waals surface area contributed by atoms with Crippen LogP contribution in [-0.2, 0) is 84.8 Å². The maximum Gasteiger partial charge on any atom is 0.257 e. The van der Waals surface area contributed by atoms with Crippen LogP contribution in [-0.4, -0.2) is 211 Å². The van der Waals surface area contributed by atoms with Gasteiger partial charge in [-0.05, 0) is 158 Å². The molecule has 35 heteroatoms. The second-order valence-electron chi connectivity index (χ2n) is 28.3. The topological polar surface area (TPSA) is 516 Å². The third-order valence-electron chi connectivity index (χ3n) is 20.0. The molecule has 6 heterocycles. The number of carbonyl (C=O) groups is 11. The fraction of sp³-hybridized carbons (Fsp3) is 0.494. The molecular weight excluding hydrogens is 1470 g/mol. The third kappa shape index (κ3) is 25.2. The minimum atomic E-state index is -1.46. The predicted octanol–water partition coefficient (Wildman–Crippen LogP) is 0.882. The highest BCUT2D eigenvalue weighted by atomic mass is 33.1. The second-order valence-corrected chi connectivity index (χ2v) is 30.9. The zero-order chi connectivity index (χ0) is 79.9. The number of aromatic nitrogens is 6. The van der Waals surface area contributed by atoms with Gasteiger partial charge in [0.25, 0.3) is 5.91 Å². The molecule has 3 aromatic carbocycles. The molecule has 2 aliphatic rings. The summed E-state index contributed by atoms with van der Waals surface area (Å²) in [6.45, 7) is 2.59. The lowest BCUT2D eigenvalue weighted by Gasteiger charge is -2.33. The van der Waals surface area contributed by atoms with E-state index in [-0.39, 0.29) is 90.5 Å². The maximum atomic E-state index is 15.4. The van der Waals surface area contributed by atoms with Crippen molar-refractivity contribution >= 4 is 108 Å². The summed E-state index contributed by atoms with van der Waals surface area (Å²) in [4.78, 5) is 189. The number of nitrogens with zero attached hydrogens (tertiary/aromatic N) is 3. The summed E-state index contributed by atoms with van der Waals surface area (Å²) in [6, 6.07) is 10.2. The molecule has 11 amide bonds. The van der Waals surface area contributed by atoms with Crippen LogP contribution in [0.1, 0.15) is 125 Å². The van der Waals surface area contributed by atoms with Crippen molar-refractivity contribution in [2.24, 2.45) is 22.9 Å². The minimum absolute atomic E-state index is 0.0258. The first-order valence-corrected chi connectivity index (χ1v) is 41.1. The van der Waals surface area contributed by atoms with Crippen LogP contribution in [0.4, 0.5) is 0 Å². The van der Waals surface area contributed by atoms with E-state index in [1.54, 1.807) is 60.1 Å². The molecule has 2 fully saturated rings. The Morgan fingerprint density at radius 2 is 0.786 bits per heavy atom. The smallest absolute Gasteiger partial charge is 0.257 e. The van der Waals surface area contributed by atoms with Gasteiger partial charge in [-0.25, -0.2) is 9.97 Å². The van der Waals surface area contributed by atoms with Crippen molar-refractivity contribution in [1.82, 2.24) is 93.3 Å². The number of hydrogen-bond donors (Lipinski definition) is 19. The lowest BCUT2D eigenvalue weighted by Crippen LogP contribution is -2.61. The first-order valence-electron chi connectivity index (χ1n) is 38.5. The van der Waals surface area contributed by atoms with Gasteiger partial charge in [0, 0.05) is 96.6 Å². The Morgan fingerprint density at radius 3 is 1.22 bits per heavy atom. The van der Waals surface area contributed by atoms with Gasteiger partial charge < -0.3 is 101 Å². The molecule has 12 atom stereocenters. The standard InChI is InChI=1S/C77H108N22O11S2/c1-46-66(100)90-56(25-10-14-30-78)67(101)91-57(26-11-15-31-79)68(102)92-58(27-12-16-32-80)69(103)93-59(28-13-17-33-81)70(104)95-62(37-49-41-85-55-24-9-7-22-53(49)55)75(109)98-76(112-111-2)77(110)99-34-18-29-65(99)89-63(38-50-42-82-44-86-50)73(107)94-60(35-47-19-4-3-5-20-47)72(106)97-64(39-51-43-83-45-87-51)74(108)96-61(71(105)88-46)36-48-40-84-54-23-8-6-21-52(48)54/h3-9,19-24,40-46,56-65,76,84-85,89H,10-18,25-39,78-81H2,1-2H3,(H,82,86)(H,83,87)(H,88,105)(H,90,100)(H,91,101)(H,92,102)(H,93,103)(H,94,107)(H,95,104)(H,96,108)(H,97,106)(H,98,109)/t46-,56-,57-,58-,59-,60+,61-,62-,63-,64-,65-,76?/m0/s1. The number of hydrogen-bond acceptors (Lipinski definition) is 20. The van der Waals surface area contributed by atoms with Crippen LogP contribution in [0.5, 0.6) is 0 Å². The fourth-order valence-corrected chi connectivity index (χ4v) is 15.4. The number of imidazole rings is 2. The van der Waals surface area contributed by atoms with Gasteiger partial charge in [0.15, 0.2) is 5.37 Å². The fourth-order valence-electron chi connectivity index (χ4n) is 13.9. The zero-order valence-corrected chi connectivity index (χ0v) is 65.0. The van der Waals surface area contributed by atoms with Crippen molar-refractivity contribution in [3.8, 4) is 0 Å². The van der Waals surface area contributed by atoms with Crippen molar-refractivity contribution in [1.29, 1.82) is 0 Å². The molecular formula is C77H108N22O11S2. The molecule has 2 saturated heterocycles. The Balaban J connectivity index is 1.11. The van der Waals surface area contributed by atoms with Gasteiger partial charge in [0.05, 0.1) is 24.9 Å². The average Bonchev–Trinajstić information content (AvgIpc) is 1.72. The minimum Gasteiger partial charge on any atom is -0.361 e. The number of H-pyrrole nitrogens is 4. The molecule has 0 aliphatic carbocycles. The Morgan fingerprint density at radius 1 is 0.411 bits per heavy atom. The number of fused-ring (bicyclic) bond motifs is 3. The molecule has 23 N–H and O–H groups in total. The molecule has 0 radical (unpaired) electrons. The van der Waals surface area contributed by atoms with Crippen molar-refractivity contribution in [3.05, 3.63) is 144 Å². The SMILES string of the molecule is CSSC1NC(=O)[C@H](Cc2c[nH]c3ccccc23)NC(=O)[C@H](CCCCN)NC(=O)[C@H](CCCCN)NC(=O)[C@H](CCCCN)NC(=O)[C@H](CCCCN)NC(=O)[C@H](C)NC(=O)[C@H](Cc2c[nH]c3ccccc23)NC(=O)[C@H](Cc2cnc[nH]2)NC(=O)[C@@H](Cc2ccccc2)NC(=O)[C@H](Cc2cnc[nH]2)N[C@@H]2CCCN2C1=O. The molecule has 0 saturated carbocycles. The van der Waals surface area contributed by atoms with Crippen LogP contribution >= 0.6 is 21.6 Å². The van der Waals surface area contributed by atoms with E-state index in [4.69, 9.17) is 22.9 Å². The molecule has 1 unspecified atom stereocenters. The highest BCUT2D eigenvalue weighted by Gasteiger charge is 2.41. The van der Waals surface area contributed by atoms with Crippen LogP contribution in [0.15, 0.2) is 116 Å². The number of para-hydroxylation sites is 2. The Bertz CT molecular complexity index is 4220. The largest absolute Gasteiger partial charge is 0.361 e. The van der Waals surface area contributed by atoms with Crippen LogP contribution in [0, 0.1) is 0 Å². The highest BCUT2D eigenvalue weighted by Crippen LogP contribution is 2.29. The Kier molecular flexibility index (Phi) is 33.8. The van der Waals surface area contributed by atoms with E-state index in [0.717, 1.165) is 32.6 Å². The molecule has 4 aromatic heterocycles. The van der Waals surface area contributed by atoms with E-state index in [1.165, 1.54) is 36.6 Å². The summed E-state index contributed by atoms with van der Waals surface area (Å²) in [5, 5.41) is 32.3. The van der Waals surface area contributed by atoms with Gasteiger partial charge in [-0.15, -0.1) is 0 Å². The second kappa shape index (κ2) is 44.2. The summed E-state index contributed by atoms with van der Waals surface area (Å²) in [6.07, 6.45) is 13.8. The van der Waals surface area contributed by atoms with Crippen molar-refractivity contribution in [2.75, 3.05) is 39.0 Å². The molecule has 2 aliphatic heterocycles. The van der Waals surface area contributed by atoms with Crippen molar-refractivity contribution in [2.45, 2.75) is 201 Å². The monoisotopic (exact) mass is 1580 g/mol. The number of benzene rings is 3. The van der Waals surface area contributed by atoms with Crippen LogP contribution in [0.25, 0.3) is 21.8 Å². The number of carbonyl (C=O) groups excluding carboxylic acids is 11. The molecule has 33 nitrogen and oxygen atoms in total. The maximum absolute atomic E-state index is 15.4. The van der Waals surface area contributed by atoms with Crippen molar-refractivity contribution < 1.29 is 52.7 Å². The van der Waals surface area contributed by atoms with Crippen LogP contribution in [0.2, 0.25) is 0 Å². The van der Waals surface area contributed by atoms with Gasteiger partial charge in [0.1, 0.15) is 54.4 Å². The van der Waals surface area contributed by atoms with E-state index in [9.17, 15) is 19.2 Å². The summed E-state index contributed by atoms with van der Waals surface area (Å²) in [7, 11) is 2.27. The Hall–Kier alpha value is -10.2. The van der Waals surface area contributed by atoms with E-state index >= 15 is 33.6 Å². The predicted molar refractivity (Wildman–Crippen MR) is 428 cm³/mol. The van der Waals surface area contributed by atoms with Gasteiger partial charge in [-0.1, -0.05) is 88.3 Å². The lowest BCUT2D eigenvalue weighted by molar-refractivity contribution is -0.137. The number of amides is 11.